The molecule has 110 valence electrons. The van der Waals surface area contributed by atoms with Crippen LogP contribution >= 0.6 is 0 Å². The number of carbonyl (C=O) groups excluding carboxylic acids is 1. The van der Waals surface area contributed by atoms with Crippen molar-refractivity contribution in [1.82, 2.24) is 10.8 Å². The maximum Gasteiger partial charge on any atom is 0.338 e. The highest BCUT2D eigenvalue weighted by Crippen LogP contribution is 2.19. The van der Waals surface area contributed by atoms with Gasteiger partial charge in [-0.05, 0) is 18.9 Å². The van der Waals surface area contributed by atoms with E-state index in [1.54, 1.807) is 12.1 Å². The highest BCUT2D eigenvalue weighted by Gasteiger charge is 2.17. The molecule has 0 heterocycles. The van der Waals surface area contributed by atoms with Crippen molar-refractivity contribution in [2.45, 2.75) is 37.9 Å². The Hall–Kier alpha value is -1.66. The topological polar surface area (TPSA) is 70.6 Å². The highest BCUT2D eigenvalue weighted by atomic mass is 19.1. The fraction of sp³-hybridized carbons (Fsp3) is 0.500. The summed E-state index contributed by atoms with van der Waals surface area (Å²) < 4.78 is 13.4. The van der Waals surface area contributed by atoms with Gasteiger partial charge in [-0.2, -0.15) is 0 Å². The van der Waals surface area contributed by atoms with Crippen LogP contribution in [0.3, 0.4) is 0 Å². The van der Waals surface area contributed by atoms with Gasteiger partial charge in [0.1, 0.15) is 5.82 Å². The Balaban J connectivity index is 1.71. The lowest BCUT2D eigenvalue weighted by atomic mass is 10.1. The van der Waals surface area contributed by atoms with E-state index in [4.69, 9.17) is 4.84 Å². The van der Waals surface area contributed by atoms with Gasteiger partial charge < -0.3 is 10.4 Å². The van der Waals surface area contributed by atoms with E-state index in [0.717, 1.165) is 25.7 Å². The number of hydrogen-bond acceptors (Lipinski definition) is 3. The number of aliphatic hydroxyl groups excluding tert-OH is 1. The molecule has 2 rings (SSSR count). The van der Waals surface area contributed by atoms with E-state index in [9.17, 15) is 14.3 Å². The van der Waals surface area contributed by atoms with Crippen molar-refractivity contribution in [3.05, 3.63) is 35.6 Å². The van der Waals surface area contributed by atoms with Gasteiger partial charge in [0.2, 0.25) is 0 Å². The lowest BCUT2D eigenvalue weighted by Crippen LogP contribution is -2.39. The lowest BCUT2D eigenvalue weighted by molar-refractivity contribution is -0.000435. The maximum atomic E-state index is 13.4. The standard InChI is InChI=1S/C14H19FN2O3/c15-12-8-4-3-7-11(12)13(18)9-16-14(19)17-20-10-5-1-2-6-10/h3-4,7-8,10,13,18H,1-2,5-6,9H2,(H2,16,17,19). The predicted octanol–water partition coefficient (Wildman–Crippen LogP) is 2.03. The average molecular weight is 282 g/mol. The van der Waals surface area contributed by atoms with Gasteiger partial charge in [0.05, 0.1) is 12.2 Å². The van der Waals surface area contributed by atoms with Gasteiger partial charge >= 0.3 is 6.03 Å². The molecule has 0 radical (unpaired) electrons. The van der Waals surface area contributed by atoms with Crippen molar-refractivity contribution in [2.75, 3.05) is 6.54 Å². The third-order valence-electron chi connectivity index (χ3n) is 3.34. The fourth-order valence-electron chi connectivity index (χ4n) is 2.22. The molecule has 1 fully saturated rings. The second-order valence-electron chi connectivity index (χ2n) is 4.87. The molecule has 1 aliphatic carbocycles. The predicted molar refractivity (Wildman–Crippen MR) is 71.2 cm³/mol. The Morgan fingerprint density at radius 1 is 1.40 bits per heavy atom. The number of carbonyl (C=O) groups is 1. The zero-order valence-electron chi connectivity index (χ0n) is 11.1. The van der Waals surface area contributed by atoms with Crippen LogP contribution in [0.25, 0.3) is 0 Å². The number of aliphatic hydroxyl groups is 1. The molecule has 6 heteroatoms. The molecular formula is C14H19FN2O3. The molecular weight excluding hydrogens is 263 g/mol. The first-order valence-corrected chi connectivity index (χ1v) is 6.79. The van der Waals surface area contributed by atoms with Gasteiger partial charge in [-0.15, -0.1) is 0 Å². The van der Waals surface area contributed by atoms with Crippen LogP contribution in [-0.4, -0.2) is 23.8 Å². The van der Waals surface area contributed by atoms with Crippen LogP contribution < -0.4 is 10.8 Å². The first kappa shape index (κ1) is 14.7. The van der Waals surface area contributed by atoms with Crippen LogP contribution in [0.1, 0.15) is 37.4 Å². The number of hydrogen-bond donors (Lipinski definition) is 3. The minimum absolute atomic E-state index is 0.0669. The summed E-state index contributed by atoms with van der Waals surface area (Å²) in [6.07, 6.45) is 3.08. The highest BCUT2D eigenvalue weighted by molar-refractivity contribution is 5.72. The van der Waals surface area contributed by atoms with Gasteiger partial charge in [-0.25, -0.2) is 14.7 Å². The molecule has 2 amide bonds. The Bertz CT molecular complexity index is 450. The van der Waals surface area contributed by atoms with E-state index < -0.39 is 18.0 Å². The van der Waals surface area contributed by atoms with Gasteiger partial charge in [0.25, 0.3) is 0 Å². The average Bonchev–Trinajstić information content (AvgIpc) is 2.96. The first-order valence-electron chi connectivity index (χ1n) is 6.79. The van der Waals surface area contributed by atoms with Crippen molar-refractivity contribution in [3.63, 3.8) is 0 Å². The molecule has 0 aromatic heterocycles. The quantitative estimate of drug-likeness (QED) is 0.724. The fourth-order valence-corrected chi connectivity index (χ4v) is 2.22. The first-order chi connectivity index (χ1) is 9.66. The summed E-state index contributed by atoms with van der Waals surface area (Å²) in [5.74, 6) is -0.496. The second kappa shape index (κ2) is 7.21. The monoisotopic (exact) mass is 282 g/mol. The SMILES string of the molecule is O=C(NCC(O)c1ccccc1F)NOC1CCCC1. The largest absolute Gasteiger partial charge is 0.386 e. The molecule has 0 saturated heterocycles. The molecule has 0 bridgehead atoms. The summed E-state index contributed by atoms with van der Waals surface area (Å²) >= 11 is 0. The van der Waals surface area contributed by atoms with Gasteiger partial charge in [0.15, 0.2) is 0 Å². The van der Waals surface area contributed by atoms with Crippen molar-refractivity contribution in [3.8, 4) is 0 Å². The summed E-state index contributed by atoms with van der Waals surface area (Å²) in [6.45, 7) is -0.0825. The van der Waals surface area contributed by atoms with Crippen LogP contribution in [-0.2, 0) is 4.84 Å². The number of nitrogens with one attached hydrogen (secondary N) is 2. The lowest BCUT2D eigenvalue weighted by Gasteiger charge is -2.15. The Kier molecular flexibility index (Phi) is 5.31. The minimum atomic E-state index is -1.09. The molecule has 1 saturated carbocycles. The molecule has 1 unspecified atom stereocenters. The van der Waals surface area contributed by atoms with Gasteiger partial charge in [0, 0.05) is 12.1 Å². The van der Waals surface area contributed by atoms with E-state index in [0.29, 0.717) is 0 Å². The molecule has 3 N–H and O–H groups in total. The van der Waals surface area contributed by atoms with E-state index in [1.807, 2.05) is 0 Å². The molecule has 0 aliphatic heterocycles. The van der Waals surface area contributed by atoms with Crippen molar-refractivity contribution >= 4 is 6.03 Å². The minimum Gasteiger partial charge on any atom is -0.386 e. The molecule has 1 aromatic rings. The summed E-state index contributed by atoms with van der Waals surface area (Å²) in [5, 5.41) is 12.2. The number of hydroxylamine groups is 1. The molecule has 5 nitrogen and oxygen atoms in total. The van der Waals surface area contributed by atoms with Crippen LogP contribution in [0.2, 0.25) is 0 Å². The Morgan fingerprint density at radius 2 is 2.10 bits per heavy atom. The summed E-state index contributed by atoms with van der Waals surface area (Å²) in [5.41, 5.74) is 2.45. The normalized spacial score (nSPS) is 16.9. The summed E-state index contributed by atoms with van der Waals surface area (Å²) in [7, 11) is 0. The van der Waals surface area contributed by atoms with Gasteiger partial charge in [-0.1, -0.05) is 31.0 Å². The smallest absolute Gasteiger partial charge is 0.338 e. The summed E-state index contributed by atoms with van der Waals surface area (Å²) in [4.78, 5) is 16.7. The molecule has 1 aromatic carbocycles. The number of amides is 2. The second-order valence-corrected chi connectivity index (χ2v) is 4.87. The van der Waals surface area contributed by atoms with Crippen molar-refractivity contribution < 1.29 is 19.1 Å². The van der Waals surface area contributed by atoms with Gasteiger partial charge in [-0.3, -0.25) is 4.84 Å². The van der Waals surface area contributed by atoms with Crippen LogP contribution in [0.5, 0.6) is 0 Å². The zero-order valence-corrected chi connectivity index (χ0v) is 11.1. The van der Waals surface area contributed by atoms with E-state index in [-0.39, 0.29) is 18.2 Å². The van der Waals surface area contributed by atoms with Crippen LogP contribution in [0, 0.1) is 5.82 Å². The van der Waals surface area contributed by atoms with Crippen molar-refractivity contribution in [2.24, 2.45) is 0 Å². The summed E-state index contributed by atoms with van der Waals surface area (Å²) in [6, 6.07) is 5.38. The Labute approximate surface area is 117 Å². The van der Waals surface area contributed by atoms with Crippen LogP contribution in [0.4, 0.5) is 9.18 Å². The maximum absolute atomic E-state index is 13.4. The van der Waals surface area contributed by atoms with E-state index in [1.165, 1.54) is 12.1 Å². The number of benzene rings is 1. The third kappa shape index (κ3) is 4.18. The van der Waals surface area contributed by atoms with Crippen molar-refractivity contribution in [1.29, 1.82) is 0 Å². The zero-order chi connectivity index (χ0) is 14.4. The molecule has 0 spiro atoms. The Morgan fingerprint density at radius 3 is 2.80 bits per heavy atom. The third-order valence-corrected chi connectivity index (χ3v) is 3.34. The molecule has 1 aliphatic rings. The van der Waals surface area contributed by atoms with E-state index in [2.05, 4.69) is 10.8 Å². The number of rotatable bonds is 5. The number of urea groups is 1. The van der Waals surface area contributed by atoms with E-state index >= 15 is 0 Å². The number of halogens is 1. The molecule has 20 heavy (non-hydrogen) atoms. The van der Waals surface area contributed by atoms with Crippen LogP contribution in [0.15, 0.2) is 24.3 Å². The molecule has 1 atom stereocenters.